The molecule has 0 aromatic heterocycles. The van der Waals surface area contributed by atoms with Crippen LogP contribution in [0, 0.1) is 6.92 Å². The molecule has 0 atom stereocenters. The van der Waals surface area contributed by atoms with Gasteiger partial charge < -0.3 is 14.4 Å². The average Bonchev–Trinajstić information content (AvgIpc) is 2.86. The number of hydrogen-bond donors (Lipinski definition) is 1. The fourth-order valence-electron chi connectivity index (χ4n) is 4.71. The number of amides is 1. The highest BCUT2D eigenvalue weighted by atomic mass is 35.5. The van der Waals surface area contributed by atoms with Crippen molar-refractivity contribution in [3.05, 3.63) is 58.6 Å². The molecule has 0 radical (unpaired) electrons. The van der Waals surface area contributed by atoms with Gasteiger partial charge in [0.2, 0.25) is 0 Å². The maximum Gasteiger partial charge on any atom is 0.304 e. The van der Waals surface area contributed by atoms with Gasteiger partial charge in [-0.05, 0) is 80.6 Å². The molecule has 2 heterocycles. The molecule has 2 aromatic rings. The molecule has 190 valence electrons. The Morgan fingerprint density at radius 1 is 1.00 bits per heavy atom. The predicted molar refractivity (Wildman–Crippen MR) is 135 cm³/mol. The second-order valence-electron chi connectivity index (χ2n) is 9.06. The molecule has 0 aliphatic carbocycles. The number of methoxy groups -OCH3 is 1. The zero-order chi connectivity index (χ0) is 25.0. The molecule has 2 aliphatic rings. The third kappa shape index (κ3) is 6.46. The SMILES string of the molecule is COc1ccc(C(=O)NS(=O)(=O)N2CCC(N3CCC(Oc4ccc(Cl)cc4C)CC3)CC2)cc1. The molecule has 0 saturated carbocycles. The van der Waals surface area contributed by atoms with Crippen molar-refractivity contribution in [1.29, 1.82) is 0 Å². The molecule has 0 unspecified atom stereocenters. The second-order valence-corrected chi connectivity index (χ2v) is 11.2. The van der Waals surface area contributed by atoms with Crippen molar-refractivity contribution in [1.82, 2.24) is 13.9 Å². The second kappa shape index (κ2) is 11.2. The van der Waals surface area contributed by atoms with Crippen molar-refractivity contribution >= 4 is 27.7 Å². The van der Waals surface area contributed by atoms with Crippen molar-refractivity contribution < 1.29 is 22.7 Å². The van der Waals surface area contributed by atoms with Crippen LogP contribution >= 0.6 is 11.6 Å². The summed E-state index contributed by atoms with van der Waals surface area (Å²) in [5.41, 5.74) is 1.30. The van der Waals surface area contributed by atoms with Crippen LogP contribution in [-0.2, 0) is 10.2 Å². The summed E-state index contributed by atoms with van der Waals surface area (Å²) in [6.45, 7) is 4.61. The number of aryl methyl sites for hydroxylation is 1. The summed E-state index contributed by atoms with van der Waals surface area (Å²) in [6, 6.07) is 12.3. The van der Waals surface area contributed by atoms with E-state index in [0.29, 0.717) is 29.9 Å². The van der Waals surface area contributed by atoms with E-state index in [1.165, 1.54) is 23.5 Å². The number of nitrogens with one attached hydrogen (secondary N) is 1. The Bertz CT molecular complexity index is 1130. The lowest BCUT2D eigenvalue weighted by Crippen LogP contribution is -2.52. The summed E-state index contributed by atoms with van der Waals surface area (Å²) in [7, 11) is -2.37. The highest BCUT2D eigenvalue weighted by Crippen LogP contribution is 2.27. The van der Waals surface area contributed by atoms with Gasteiger partial charge in [-0.3, -0.25) is 4.79 Å². The summed E-state index contributed by atoms with van der Waals surface area (Å²) in [4.78, 5) is 14.9. The Morgan fingerprint density at radius 3 is 2.26 bits per heavy atom. The normalized spacial score (nSPS) is 18.8. The molecule has 8 nitrogen and oxygen atoms in total. The Morgan fingerprint density at radius 2 is 1.66 bits per heavy atom. The number of rotatable bonds is 7. The summed E-state index contributed by atoms with van der Waals surface area (Å²) in [5, 5.41) is 0.707. The zero-order valence-electron chi connectivity index (χ0n) is 20.1. The molecule has 2 fully saturated rings. The Balaban J connectivity index is 1.24. The van der Waals surface area contributed by atoms with Crippen molar-refractivity contribution in [2.75, 3.05) is 33.3 Å². The molecule has 10 heteroatoms. The van der Waals surface area contributed by atoms with E-state index in [-0.39, 0.29) is 11.7 Å². The van der Waals surface area contributed by atoms with Gasteiger partial charge in [0.25, 0.3) is 5.91 Å². The van der Waals surface area contributed by atoms with Crippen LogP contribution in [0.15, 0.2) is 42.5 Å². The van der Waals surface area contributed by atoms with E-state index in [1.807, 2.05) is 25.1 Å². The lowest BCUT2D eigenvalue weighted by Gasteiger charge is -2.41. The van der Waals surface area contributed by atoms with E-state index in [2.05, 4.69) is 9.62 Å². The minimum atomic E-state index is -3.90. The van der Waals surface area contributed by atoms with Gasteiger partial charge in [0, 0.05) is 42.8 Å². The highest BCUT2D eigenvalue weighted by Gasteiger charge is 2.33. The number of carbonyl (C=O) groups is 1. The number of carbonyl (C=O) groups excluding carboxylic acids is 1. The Kier molecular flexibility index (Phi) is 8.21. The Labute approximate surface area is 212 Å². The first kappa shape index (κ1) is 25.8. The van der Waals surface area contributed by atoms with Crippen LogP contribution in [0.4, 0.5) is 0 Å². The summed E-state index contributed by atoms with van der Waals surface area (Å²) in [6.07, 6.45) is 3.50. The molecular formula is C25H32ClN3O5S. The van der Waals surface area contributed by atoms with Crippen molar-refractivity contribution in [3.8, 4) is 11.5 Å². The monoisotopic (exact) mass is 521 g/mol. The third-order valence-electron chi connectivity index (χ3n) is 6.76. The number of nitrogens with zero attached hydrogens (tertiary/aromatic N) is 2. The molecular weight excluding hydrogens is 490 g/mol. The quantitative estimate of drug-likeness (QED) is 0.598. The third-order valence-corrected chi connectivity index (χ3v) is 8.48. The fraction of sp³-hybridized carbons (Fsp3) is 0.480. The van der Waals surface area contributed by atoms with Crippen LogP contribution in [0.3, 0.4) is 0 Å². The lowest BCUT2D eigenvalue weighted by molar-refractivity contribution is 0.0581. The molecule has 1 amide bonds. The van der Waals surface area contributed by atoms with Gasteiger partial charge in [0.05, 0.1) is 7.11 Å². The molecule has 35 heavy (non-hydrogen) atoms. The van der Waals surface area contributed by atoms with E-state index in [0.717, 1.165) is 50.1 Å². The number of hydrogen-bond acceptors (Lipinski definition) is 6. The average molecular weight is 522 g/mol. The lowest BCUT2D eigenvalue weighted by atomic mass is 10.00. The molecule has 2 aliphatic heterocycles. The molecule has 0 spiro atoms. The van der Waals surface area contributed by atoms with Crippen LogP contribution in [0.1, 0.15) is 41.6 Å². The largest absolute Gasteiger partial charge is 0.497 e. The zero-order valence-corrected chi connectivity index (χ0v) is 21.6. The summed E-state index contributed by atoms with van der Waals surface area (Å²) in [5.74, 6) is 0.831. The van der Waals surface area contributed by atoms with Crippen LogP contribution < -0.4 is 14.2 Å². The maximum absolute atomic E-state index is 12.8. The van der Waals surface area contributed by atoms with Gasteiger partial charge in [0.1, 0.15) is 17.6 Å². The van der Waals surface area contributed by atoms with Gasteiger partial charge in [-0.15, -0.1) is 0 Å². The summed E-state index contributed by atoms with van der Waals surface area (Å²) >= 11 is 6.04. The van der Waals surface area contributed by atoms with E-state index < -0.39 is 16.1 Å². The summed E-state index contributed by atoms with van der Waals surface area (Å²) < 4.78 is 40.4. The fourth-order valence-corrected chi connectivity index (χ4v) is 6.11. The van der Waals surface area contributed by atoms with Gasteiger partial charge in [0.15, 0.2) is 0 Å². The van der Waals surface area contributed by atoms with E-state index >= 15 is 0 Å². The first-order valence-corrected chi connectivity index (χ1v) is 13.7. The first-order valence-electron chi connectivity index (χ1n) is 11.9. The highest BCUT2D eigenvalue weighted by molar-refractivity contribution is 7.87. The number of halogens is 1. The van der Waals surface area contributed by atoms with Crippen molar-refractivity contribution in [2.45, 2.75) is 44.8 Å². The van der Waals surface area contributed by atoms with Crippen LogP contribution in [-0.4, -0.2) is 69.0 Å². The Hall–Kier alpha value is -2.33. The van der Waals surface area contributed by atoms with E-state index in [4.69, 9.17) is 21.1 Å². The van der Waals surface area contributed by atoms with Crippen LogP contribution in [0.2, 0.25) is 5.02 Å². The number of piperidine rings is 2. The van der Waals surface area contributed by atoms with Gasteiger partial charge in [-0.2, -0.15) is 12.7 Å². The van der Waals surface area contributed by atoms with Gasteiger partial charge in [-0.1, -0.05) is 11.6 Å². The molecule has 2 saturated heterocycles. The molecule has 2 aromatic carbocycles. The smallest absolute Gasteiger partial charge is 0.304 e. The van der Waals surface area contributed by atoms with Crippen LogP contribution in [0.25, 0.3) is 0 Å². The topological polar surface area (TPSA) is 88.2 Å². The predicted octanol–water partition coefficient (Wildman–Crippen LogP) is 3.64. The minimum absolute atomic E-state index is 0.166. The molecule has 1 N–H and O–H groups in total. The minimum Gasteiger partial charge on any atom is -0.497 e. The van der Waals surface area contributed by atoms with E-state index in [1.54, 1.807) is 12.1 Å². The number of likely N-dealkylation sites (tertiary alicyclic amines) is 1. The standard InChI is InChI=1S/C25H32ClN3O5S/c1-18-17-20(26)5-8-24(18)34-23-11-13-28(14-12-23)21-9-15-29(16-10-21)35(31,32)27-25(30)19-3-6-22(33-2)7-4-19/h3-8,17,21,23H,9-16H2,1-2H3,(H,27,30). The van der Waals surface area contributed by atoms with Crippen LogP contribution in [0.5, 0.6) is 11.5 Å². The van der Waals surface area contributed by atoms with Gasteiger partial charge >= 0.3 is 10.2 Å². The molecule has 4 rings (SSSR count). The number of ether oxygens (including phenoxy) is 2. The molecule has 0 bridgehead atoms. The first-order chi connectivity index (χ1) is 16.7. The van der Waals surface area contributed by atoms with E-state index in [9.17, 15) is 13.2 Å². The number of benzene rings is 2. The maximum atomic E-state index is 12.8. The van der Waals surface area contributed by atoms with Crippen molar-refractivity contribution in [2.24, 2.45) is 0 Å². The van der Waals surface area contributed by atoms with Crippen molar-refractivity contribution in [3.63, 3.8) is 0 Å². The van der Waals surface area contributed by atoms with Gasteiger partial charge in [-0.25, -0.2) is 4.72 Å².